The zero-order valence-corrected chi connectivity index (χ0v) is 36.4. The number of ether oxygens (including phenoxy) is 3. The molecule has 1 aliphatic heterocycles. The second-order valence-electron chi connectivity index (χ2n) is 14.5. The molecule has 5 heterocycles. The van der Waals surface area contributed by atoms with E-state index in [1.54, 1.807) is 47.2 Å². The van der Waals surface area contributed by atoms with E-state index in [-0.39, 0.29) is 41.7 Å². The second-order valence-corrected chi connectivity index (χ2v) is 15.5. The third kappa shape index (κ3) is 9.70. The summed E-state index contributed by atoms with van der Waals surface area (Å²) in [6.07, 6.45) is 5.31. The van der Waals surface area contributed by atoms with Gasteiger partial charge in [-0.15, -0.1) is 0 Å². The lowest BCUT2D eigenvalue weighted by molar-refractivity contribution is 0.0358. The third-order valence-electron chi connectivity index (χ3n) is 10.3. The number of aromatic nitrogens is 5. The van der Waals surface area contributed by atoms with E-state index < -0.39 is 23.6 Å². The van der Waals surface area contributed by atoms with Gasteiger partial charge in [-0.3, -0.25) is 34.8 Å². The van der Waals surface area contributed by atoms with Crippen LogP contribution in [0.3, 0.4) is 0 Å². The van der Waals surface area contributed by atoms with Crippen molar-refractivity contribution in [1.82, 2.24) is 34.4 Å². The van der Waals surface area contributed by atoms with Crippen molar-refractivity contribution in [3.63, 3.8) is 0 Å². The van der Waals surface area contributed by atoms with Crippen LogP contribution in [0.25, 0.3) is 21.3 Å². The Bertz CT molecular complexity index is 2790. The molecule has 0 saturated carbocycles. The Labute approximate surface area is 364 Å². The number of carbonyl (C=O) groups is 4. The number of hydrogen-bond donors (Lipinski definition) is 4. The molecule has 0 radical (unpaired) electrons. The molecule has 63 heavy (non-hydrogen) atoms. The monoisotopic (exact) mass is 883 g/mol. The van der Waals surface area contributed by atoms with Gasteiger partial charge in [0, 0.05) is 57.7 Å². The third-order valence-corrected chi connectivity index (χ3v) is 11.3. The van der Waals surface area contributed by atoms with Crippen molar-refractivity contribution >= 4 is 62.2 Å². The van der Waals surface area contributed by atoms with Gasteiger partial charge >= 0.3 is 5.91 Å². The number of hydrogen-bond acceptors (Lipinski definition) is 15. The summed E-state index contributed by atoms with van der Waals surface area (Å²) >= 11 is 1.17. The van der Waals surface area contributed by atoms with E-state index in [0.29, 0.717) is 99.8 Å². The maximum Gasteiger partial charge on any atom is 0.317 e. The van der Waals surface area contributed by atoms with E-state index in [2.05, 4.69) is 30.6 Å². The second kappa shape index (κ2) is 19.6. The molecule has 6 aromatic rings. The molecule has 6 N–H and O–H groups in total. The minimum atomic E-state index is -0.671. The fraction of sp³-hybridized carbons (Fsp3) is 0.381. The summed E-state index contributed by atoms with van der Waals surface area (Å²) in [7, 11) is 1.47. The number of morpholine rings is 1. The van der Waals surface area contributed by atoms with Gasteiger partial charge in [0.15, 0.2) is 16.6 Å². The number of benzene rings is 2. The van der Waals surface area contributed by atoms with Crippen molar-refractivity contribution in [3.8, 4) is 11.5 Å². The van der Waals surface area contributed by atoms with Crippen molar-refractivity contribution in [2.75, 3.05) is 51.9 Å². The number of hydrazine groups is 1. The van der Waals surface area contributed by atoms with Crippen LogP contribution in [0.5, 0.6) is 11.5 Å². The maximum absolute atomic E-state index is 13.8. The van der Waals surface area contributed by atoms with E-state index in [1.165, 1.54) is 18.4 Å². The normalized spacial score (nSPS) is 13.7. The Morgan fingerprint density at radius 3 is 2.21 bits per heavy atom. The van der Waals surface area contributed by atoms with Gasteiger partial charge in [0.05, 0.1) is 48.5 Å². The predicted molar refractivity (Wildman–Crippen MR) is 232 cm³/mol. The number of methoxy groups -OCH3 is 1. The van der Waals surface area contributed by atoms with Gasteiger partial charge in [0.2, 0.25) is 23.4 Å². The first-order chi connectivity index (χ1) is 30.4. The van der Waals surface area contributed by atoms with Crippen LogP contribution in [0.4, 0.5) is 5.95 Å². The van der Waals surface area contributed by atoms with Crippen LogP contribution in [0.2, 0.25) is 0 Å². The first kappa shape index (κ1) is 44.4. The number of amides is 4. The zero-order valence-electron chi connectivity index (χ0n) is 35.6. The topological polar surface area (TPSA) is 262 Å². The molecule has 4 aromatic heterocycles. The van der Waals surface area contributed by atoms with Crippen LogP contribution in [0.1, 0.15) is 85.3 Å². The Balaban J connectivity index is 1.28. The molecule has 0 bridgehead atoms. The van der Waals surface area contributed by atoms with Crippen LogP contribution in [0.15, 0.2) is 50.2 Å². The molecule has 2 aromatic carbocycles. The van der Waals surface area contributed by atoms with Crippen molar-refractivity contribution in [1.29, 1.82) is 0 Å². The lowest BCUT2D eigenvalue weighted by atomic mass is 10.1. The molecule has 1 fully saturated rings. The molecule has 20 nitrogen and oxygen atoms in total. The molecular formula is C42H49N11O9S. The summed E-state index contributed by atoms with van der Waals surface area (Å²) in [5, 5.41) is 2.89. The fourth-order valence-electron chi connectivity index (χ4n) is 7.27. The number of oxazole rings is 2. The lowest BCUT2D eigenvalue weighted by Gasteiger charge is -2.26. The number of fused-ring (bicyclic) bond motifs is 2. The van der Waals surface area contributed by atoms with E-state index in [4.69, 9.17) is 39.6 Å². The largest absolute Gasteiger partial charge is 0.494 e. The number of carbonyl (C=O) groups excluding carboxylic acids is 4. The van der Waals surface area contributed by atoms with Crippen molar-refractivity contribution in [2.45, 2.75) is 60.0 Å². The Morgan fingerprint density at radius 2 is 1.54 bits per heavy atom. The number of thiazole rings is 1. The van der Waals surface area contributed by atoms with Gasteiger partial charge in [0.25, 0.3) is 11.8 Å². The Kier molecular flexibility index (Phi) is 13.8. The van der Waals surface area contributed by atoms with Crippen LogP contribution in [-0.2, 0) is 30.7 Å². The summed E-state index contributed by atoms with van der Waals surface area (Å²) in [5.74, 6) is 4.69. The number of imidazole rings is 1. The predicted octanol–water partition coefficient (Wildman–Crippen LogP) is 3.83. The van der Waals surface area contributed by atoms with Crippen molar-refractivity contribution in [2.24, 2.45) is 16.6 Å². The highest BCUT2D eigenvalue weighted by molar-refractivity contribution is 7.16. The first-order valence-corrected chi connectivity index (χ1v) is 21.2. The lowest BCUT2D eigenvalue weighted by Crippen LogP contribution is -2.37. The van der Waals surface area contributed by atoms with E-state index in [1.807, 2.05) is 26.0 Å². The van der Waals surface area contributed by atoms with Crippen LogP contribution < -0.4 is 36.6 Å². The van der Waals surface area contributed by atoms with E-state index in [0.717, 1.165) is 19.6 Å². The molecule has 0 unspecified atom stereocenters. The van der Waals surface area contributed by atoms with Gasteiger partial charge in [-0.25, -0.2) is 20.8 Å². The molecule has 0 aliphatic carbocycles. The SMILES string of the molecule is CCc1nc(C)oc1C(=O)N=c1sc2cc(C(=O)NN)cc(OC)c2n1C/C=C/Cn1c(NC(=O)c2oc(C)nc2CC)nc2cc(C(N)=O)cc(OCCCN3CCOCC3)c21. The average molecular weight is 884 g/mol. The number of aryl methyl sites for hydroxylation is 4. The highest BCUT2D eigenvalue weighted by Gasteiger charge is 2.24. The average Bonchev–Trinajstić information content (AvgIpc) is 4.05. The highest BCUT2D eigenvalue weighted by atomic mass is 32.1. The smallest absolute Gasteiger partial charge is 0.317 e. The molecular weight excluding hydrogens is 835 g/mol. The summed E-state index contributed by atoms with van der Waals surface area (Å²) in [5.41, 5.74) is 10.7. The maximum atomic E-state index is 13.8. The summed E-state index contributed by atoms with van der Waals surface area (Å²) in [6, 6.07) is 6.31. The van der Waals surface area contributed by atoms with Crippen molar-refractivity contribution < 1.29 is 42.2 Å². The van der Waals surface area contributed by atoms with Crippen LogP contribution in [-0.4, -0.2) is 99.2 Å². The summed E-state index contributed by atoms with van der Waals surface area (Å²) < 4.78 is 33.1. The number of rotatable bonds is 17. The van der Waals surface area contributed by atoms with Crippen molar-refractivity contribution in [3.05, 3.63) is 87.0 Å². The molecule has 0 spiro atoms. The standard InChI is InChI=1S/C42H49N11O9S/c1-6-27-35(61-23(3)45-27)39(56)48-41-47-29-19-25(37(43)54)20-31(60-16-10-11-51-14-17-59-18-15-51)33(29)52(41)12-8-9-13-53-34-30(58-5)21-26(38(55)50-44)22-32(34)63-42(53)49-40(57)36-28(7-2)46-24(4)62-36/h8-9,19-22H,6-7,10-18,44H2,1-5H3,(H2,43,54)(H,50,55)(H,47,48,56)/b9-8+,49-42?. The Morgan fingerprint density at radius 1 is 0.873 bits per heavy atom. The van der Waals surface area contributed by atoms with Gasteiger partial charge < -0.3 is 37.9 Å². The van der Waals surface area contributed by atoms with Crippen LogP contribution in [0, 0.1) is 13.8 Å². The number of nitrogens with zero attached hydrogens (tertiary/aromatic N) is 7. The molecule has 1 aliphatic rings. The zero-order chi connectivity index (χ0) is 44.8. The number of nitrogens with one attached hydrogen (secondary N) is 2. The fourth-order valence-corrected chi connectivity index (χ4v) is 8.36. The minimum absolute atomic E-state index is 0.0384. The molecule has 21 heteroatoms. The minimum Gasteiger partial charge on any atom is -0.494 e. The molecule has 1 saturated heterocycles. The number of allylic oxidation sites excluding steroid dienone is 2. The molecule has 332 valence electrons. The highest BCUT2D eigenvalue weighted by Crippen LogP contribution is 2.33. The number of nitrogens with two attached hydrogens (primary N) is 2. The number of primary amides is 1. The van der Waals surface area contributed by atoms with E-state index >= 15 is 0 Å². The Hall–Kier alpha value is -6.68. The van der Waals surface area contributed by atoms with Gasteiger partial charge in [-0.05, 0) is 43.5 Å². The number of anilines is 1. The molecule has 0 atom stereocenters. The number of nitrogen functional groups attached to an aromatic ring is 1. The van der Waals surface area contributed by atoms with Gasteiger partial charge in [-0.2, -0.15) is 4.99 Å². The van der Waals surface area contributed by atoms with Gasteiger partial charge in [0.1, 0.15) is 22.5 Å². The first-order valence-electron chi connectivity index (χ1n) is 20.4. The summed E-state index contributed by atoms with van der Waals surface area (Å²) in [4.78, 5) is 73.0. The van der Waals surface area contributed by atoms with E-state index in [9.17, 15) is 19.2 Å². The van der Waals surface area contributed by atoms with Gasteiger partial charge in [-0.1, -0.05) is 37.3 Å². The van der Waals surface area contributed by atoms with Crippen LogP contribution >= 0.6 is 11.3 Å². The summed E-state index contributed by atoms with van der Waals surface area (Å²) in [6.45, 7) is 11.5. The molecule has 4 amide bonds. The quantitative estimate of drug-likeness (QED) is 0.0334. The molecule has 7 rings (SSSR count).